The van der Waals surface area contributed by atoms with E-state index in [2.05, 4.69) is 84.8 Å². The van der Waals surface area contributed by atoms with Gasteiger partial charge in [-0.3, -0.25) is 0 Å². The van der Waals surface area contributed by atoms with Gasteiger partial charge in [0, 0.05) is 25.5 Å². The van der Waals surface area contributed by atoms with Crippen LogP contribution in [0.4, 0.5) is 11.9 Å². The Kier molecular flexibility index (Phi) is 9.54. The van der Waals surface area contributed by atoms with Gasteiger partial charge in [-0.2, -0.15) is 15.0 Å². The van der Waals surface area contributed by atoms with E-state index in [1.807, 2.05) is 24.3 Å². The van der Waals surface area contributed by atoms with E-state index >= 15 is 0 Å². The van der Waals surface area contributed by atoms with E-state index in [1.165, 1.54) is 16.7 Å². The second-order valence-electron chi connectivity index (χ2n) is 13.0. The smallest absolute Gasteiger partial charge is 0.229 e. The molecule has 5 rings (SSSR count). The molecular formula is C32H44ClN5O3Si. The van der Waals surface area contributed by atoms with Crippen molar-refractivity contribution in [1.29, 1.82) is 0 Å². The highest BCUT2D eigenvalue weighted by molar-refractivity contribution is 6.74. The number of hydrogen-bond donors (Lipinski definition) is 2. The Morgan fingerprint density at radius 2 is 1.60 bits per heavy atom. The fraction of sp³-hybridized carbons (Fsp3) is 0.531. The van der Waals surface area contributed by atoms with Crippen LogP contribution < -0.4 is 10.6 Å². The summed E-state index contributed by atoms with van der Waals surface area (Å²) in [6, 6.07) is 18.7. The van der Waals surface area contributed by atoms with Crippen LogP contribution in [0.1, 0.15) is 56.3 Å². The zero-order valence-corrected chi connectivity index (χ0v) is 27.3. The molecule has 2 aliphatic rings. The molecule has 3 aromatic rings. The van der Waals surface area contributed by atoms with Crippen LogP contribution in [0, 0.1) is 5.92 Å². The Balaban J connectivity index is 1.28. The van der Waals surface area contributed by atoms with E-state index < -0.39 is 8.32 Å². The van der Waals surface area contributed by atoms with Gasteiger partial charge in [0.25, 0.3) is 0 Å². The Morgan fingerprint density at radius 1 is 0.905 bits per heavy atom. The van der Waals surface area contributed by atoms with Crippen molar-refractivity contribution < 1.29 is 13.9 Å². The lowest BCUT2D eigenvalue weighted by Gasteiger charge is -2.39. The van der Waals surface area contributed by atoms with Gasteiger partial charge in [-0.15, -0.1) is 0 Å². The molecule has 42 heavy (non-hydrogen) atoms. The van der Waals surface area contributed by atoms with Crippen molar-refractivity contribution >= 4 is 31.8 Å². The minimum Gasteiger partial charge on any atom is -0.413 e. The second kappa shape index (κ2) is 13.0. The van der Waals surface area contributed by atoms with Gasteiger partial charge in [-0.05, 0) is 59.3 Å². The molecule has 10 heteroatoms. The van der Waals surface area contributed by atoms with Gasteiger partial charge < -0.3 is 24.5 Å². The maximum Gasteiger partial charge on any atom is 0.229 e. The van der Waals surface area contributed by atoms with Gasteiger partial charge in [0.2, 0.25) is 17.2 Å². The highest BCUT2D eigenvalue weighted by atomic mass is 35.5. The summed E-state index contributed by atoms with van der Waals surface area (Å²) in [4.78, 5) is 13.5. The average molecular weight is 610 g/mol. The molecule has 1 fully saturated rings. The predicted molar refractivity (Wildman–Crippen MR) is 170 cm³/mol. The van der Waals surface area contributed by atoms with Crippen molar-refractivity contribution in [2.45, 2.75) is 89.1 Å². The summed E-state index contributed by atoms with van der Waals surface area (Å²) in [5.41, 5.74) is 3.63. The zero-order chi connectivity index (χ0) is 29.9. The molecule has 0 bridgehead atoms. The molecule has 0 spiro atoms. The molecule has 226 valence electrons. The third kappa shape index (κ3) is 7.31. The van der Waals surface area contributed by atoms with Gasteiger partial charge in [0.15, 0.2) is 8.32 Å². The van der Waals surface area contributed by atoms with Crippen LogP contribution in [0.5, 0.6) is 0 Å². The summed E-state index contributed by atoms with van der Waals surface area (Å²) in [5, 5.41) is 7.27. The summed E-state index contributed by atoms with van der Waals surface area (Å²) < 4.78 is 19.0. The Labute approximate surface area is 256 Å². The van der Waals surface area contributed by atoms with Gasteiger partial charge in [0.1, 0.15) is 0 Å². The Bertz CT molecular complexity index is 1340. The summed E-state index contributed by atoms with van der Waals surface area (Å²) in [7, 11) is -0.245. The summed E-state index contributed by atoms with van der Waals surface area (Å²) >= 11 is 6.40. The molecule has 1 unspecified atom stereocenters. The molecule has 2 aliphatic carbocycles. The standard InChI is InChI=1S/C32H44ClN5O3Si/c1-32(2,3)42(5,6)41-26-18-24(16-23(26)20-40-19-21-12-8-7-9-13-21)34-30-36-29(33)37-31(38-30)35-28-25-15-11-10-14-22(25)17-27(28)39-4/h7-15,23-24,26-28H,16-20H2,1-6H3,(H2,34,35,36,37,38)/t23-,24+,26?,27-,28+/m0/s1. The summed E-state index contributed by atoms with van der Waals surface area (Å²) in [6.45, 7) is 12.7. The lowest BCUT2D eigenvalue weighted by atomic mass is 10.1. The number of rotatable bonds is 11. The Hall–Kier alpha value is -2.56. The SMILES string of the molecule is CO[C@H]1Cc2ccccc2[C@H]1Nc1nc(Cl)nc(N[C@H]2CC(O[Si](C)(C)C(C)(C)C)[C@H](COCc3ccccc3)C2)n1. The lowest BCUT2D eigenvalue weighted by Crippen LogP contribution is -2.45. The first-order valence-electron chi connectivity index (χ1n) is 14.9. The van der Waals surface area contributed by atoms with Gasteiger partial charge in [-0.1, -0.05) is 75.4 Å². The average Bonchev–Trinajstić information content (AvgIpc) is 3.48. The first-order chi connectivity index (χ1) is 20.0. The fourth-order valence-electron chi connectivity index (χ4n) is 5.73. The number of methoxy groups -OCH3 is 1. The molecule has 0 aliphatic heterocycles. The Morgan fingerprint density at radius 3 is 2.31 bits per heavy atom. The van der Waals surface area contributed by atoms with Gasteiger partial charge in [-0.25, -0.2) is 0 Å². The van der Waals surface area contributed by atoms with E-state index in [0.29, 0.717) is 25.1 Å². The first kappa shape index (κ1) is 30.9. The van der Waals surface area contributed by atoms with Crippen LogP contribution in [-0.2, 0) is 26.9 Å². The lowest BCUT2D eigenvalue weighted by molar-refractivity contribution is 0.0412. The maximum atomic E-state index is 6.95. The van der Waals surface area contributed by atoms with Crippen molar-refractivity contribution in [2.24, 2.45) is 5.92 Å². The largest absolute Gasteiger partial charge is 0.413 e. The minimum atomic E-state index is -1.98. The molecular weight excluding hydrogens is 566 g/mol. The topological polar surface area (TPSA) is 90.4 Å². The van der Waals surface area contributed by atoms with E-state index in [1.54, 1.807) is 7.11 Å². The van der Waals surface area contributed by atoms with Crippen LogP contribution >= 0.6 is 11.6 Å². The number of nitrogens with zero attached hydrogens (tertiary/aromatic N) is 3. The molecule has 1 saturated carbocycles. The van der Waals surface area contributed by atoms with Crippen molar-refractivity contribution in [3.05, 3.63) is 76.6 Å². The second-order valence-corrected chi connectivity index (χ2v) is 18.1. The quantitative estimate of drug-likeness (QED) is 0.224. The van der Waals surface area contributed by atoms with Gasteiger partial charge in [0.05, 0.1) is 31.5 Å². The predicted octanol–water partition coefficient (Wildman–Crippen LogP) is 7.05. The van der Waals surface area contributed by atoms with Gasteiger partial charge >= 0.3 is 0 Å². The number of hydrogen-bond acceptors (Lipinski definition) is 8. The van der Waals surface area contributed by atoms with Crippen molar-refractivity contribution in [1.82, 2.24) is 15.0 Å². The molecule has 1 aromatic heterocycles. The van der Waals surface area contributed by atoms with E-state index in [9.17, 15) is 0 Å². The first-order valence-corrected chi connectivity index (χ1v) is 18.2. The van der Waals surface area contributed by atoms with Crippen molar-refractivity contribution in [3.8, 4) is 0 Å². The van der Waals surface area contributed by atoms with Crippen LogP contribution in [-0.4, -0.2) is 55.2 Å². The molecule has 2 aromatic carbocycles. The molecule has 0 amide bonds. The molecule has 0 saturated heterocycles. The fourth-order valence-corrected chi connectivity index (χ4v) is 7.29. The summed E-state index contributed by atoms with van der Waals surface area (Å²) in [6.07, 6.45) is 2.64. The third-order valence-electron chi connectivity index (χ3n) is 9.04. The molecule has 8 nitrogen and oxygen atoms in total. The van der Waals surface area contributed by atoms with Crippen molar-refractivity contribution in [3.63, 3.8) is 0 Å². The highest BCUT2D eigenvalue weighted by Gasteiger charge is 2.44. The zero-order valence-electron chi connectivity index (χ0n) is 25.6. The van der Waals surface area contributed by atoms with Crippen molar-refractivity contribution in [2.75, 3.05) is 24.4 Å². The number of aromatic nitrogens is 3. The number of nitrogens with one attached hydrogen (secondary N) is 2. The van der Waals surface area contributed by atoms with E-state index in [4.69, 9.17) is 30.5 Å². The number of halogens is 1. The third-order valence-corrected chi connectivity index (χ3v) is 13.7. The monoisotopic (exact) mass is 609 g/mol. The number of ether oxygens (including phenoxy) is 2. The van der Waals surface area contributed by atoms with Crippen LogP contribution in [0.2, 0.25) is 23.4 Å². The molecule has 1 heterocycles. The number of fused-ring (bicyclic) bond motifs is 1. The normalized spacial score (nSPS) is 24.0. The van der Waals surface area contributed by atoms with Crippen LogP contribution in [0.3, 0.4) is 0 Å². The van der Waals surface area contributed by atoms with E-state index in [-0.39, 0.29) is 40.5 Å². The highest BCUT2D eigenvalue weighted by Crippen LogP contribution is 2.41. The molecule has 0 radical (unpaired) electrons. The number of benzene rings is 2. The molecule has 2 N–H and O–H groups in total. The molecule has 5 atom stereocenters. The number of anilines is 2. The van der Waals surface area contributed by atoms with Crippen LogP contribution in [0.15, 0.2) is 54.6 Å². The summed E-state index contributed by atoms with van der Waals surface area (Å²) in [5.74, 6) is 1.14. The van der Waals surface area contributed by atoms with E-state index in [0.717, 1.165) is 19.3 Å². The minimum absolute atomic E-state index is 0.0194. The maximum absolute atomic E-state index is 6.95. The van der Waals surface area contributed by atoms with Crippen LogP contribution in [0.25, 0.3) is 0 Å².